The Balaban J connectivity index is 2.75. The summed E-state index contributed by atoms with van der Waals surface area (Å²) < 4.78 is 38.2. The molecular formula is C10H8ClF3N2. The van der Waals surface area contributed by atoms with Crippen LogP contribution in [0.4, 0.5) is 18.9 Å². The number of nitrogens with zero attached hydrogens (tertiary/aromatic N) is 1. The number of fused-ring (bicyclic) bond motifs is 1. The van der Waals surface area contributed by atoms with Crippen molar-refractivity contribution in [3.8, 4) is 0 Å². The van der Waals surface area contributed by atoms with Crippen LogP contribution < -0.4 is 16.3 Å². The maximum Gasteiger partial charge on any atom is 0.416 e. The van der Waals surface area contributed by atoms with Crippen LogP contribution in [0.1, 0.15) is 6.92 Å². The maximum atomic E-state index is 12.7. The molecule has 0 bridgehead atoms. The van der Waals surface area contributed by atoms with Gasteiger partial charge in [0.2, 0.25) is 0 Å². The van der Waals surface area contributed by atoms with Crippen molar-refractivity contribution in [1.82, 2.24) is 0 Å². The van der Waals surface area contributed by atoms with Gasteiger partial charge >= 0.3 is 6.18 Å². The van der Waals surface area contributed by atoms with Gasteiger partial charge in [0.1, 0.15) is 0 Å². The van der Waals surface area contributed by atoms with Crippen molar-refractivity contribution in [3.63, 3.8) is 0 Å². The zero-order chi connectivity index (χ0) is 12.1. The van der Waals surface area contributed by atoms with Crippen LogP contribution >= 0.6 is 11.6 Å². The van der Waals surface area contributed by atoms with E-state index in [-0.39, 0.29) is 21.3 Å². The van der Waals surface area contributed by atoms with Crippen molar-refractivity contribution >= 4 is 23.4 Å². The average Bonchev–Trinajstić information content (AvgIpc) is 2.50. The summed E-state index contributed by atoms with van der Waals surface area (Å²) in [5, 5.41) is 0.714. The van der Waals surface area contributed by atoms with Gasteiger partial charge in [-0.1, -0.05) is 11.6 Å². The van der Waals surface area contributed by atoms with E-state index in [0.29, 0.717) is 0 Å². The molecule has 1 unspecified atom stereocenters. The zero-order valence-corrected chi connectivity index (χ0v) is 9.02. The summed E-state index contributed by atoms with van der Waals surface area (Å²) in [5.41, 5.74) is 3.53. The van der Waals surface area contributed by atoms with Gasteiger partial charge < -0.3 is 5.73 Å². The number of nitrogen functional groups attached to an aromatic ring is 1. The first-order valence-electron chi connectivity index (χ1n) is 4.48. The summed E-state index contributed by atoms with van der Waals surface area (Å²) >= 11 is 5.73. The first-order valence-corrected chi connectivity index (χ1v) is 4.86. The van der Waals surface area contributed by atoms with Gasteiger partial charge in [-0.25, -0.2) is 0 Å². The Kier molecular flexibility index (Phi) is 2.21. The molecule has 0 aliphatic carbocycles. The van der Waals surface area contributed by atoms with Gasteiger partial charge in [-0.05, 0) is 25.1 Å². The Morgan fingerprint density at radius 1 is 1.38 bits per heavy atom. The van der Waals surface area contributed by atoms with Crippen LogP contribution in [0.25, 0.3) is 6.08 Å². The number of rotatable bonds is 0. The van der Waals surface area contributed by atoms with E-state index < -0.39 is 11.7 Å². The third-order valence-electron chi connectivity index (χ3n) is 2.56. The summed E-state index contributed by atoms with van der Waals surface area (Å²) in [4.78, 5) is 3.64. The first kappa shape index (κ1) is 11.3. The highest BCUT2D eigenvalue weighted by molar-refractivity contribution is 6.33. The lowest BCUT2D eigenvalue weighted by Gasteiger charge is -2.21. The molecule has 2 rings (SSSR count). The molecule has 0 amide bonds. The summed E-state index contributed by atoms with van der Waals surface area (Å²) in [5.74, 6) is 0. The molecule has 86 valence electrons. The lowest BCUT2D eigenvalue weighted by Crippen LogP contribution is -2.37. The zero-order valence-electron chi connectivity index (χ0n) is 8.27. The summed E-state index contributed by atoms with van der Waals surface area (Å²) in [6, 6.07) is 2.87. The molecule has 1 aromatic carbocycles. The van der Waals surface area contributed by atoms with E-state index in [1.807, 2.05) is 0 Å². The third kappa shape index (κ3) is 1.46. The molecule has 0 saturated carbocycles. The van der Waals surface area contributed by atoms with Gasteiger partial charge in [-0.2, -0.15) is 13.2 Å². The fraction of sp³-hybridized carbons (Fsp3) is 0.300. The Morgan fingerprint density at radius 2 is 2.00 bits per heavy atom. The van der Waals surface area contributed by atoms with Crippen molar-refractivity contribution in [3.05, 3.63) is 27.7 Å². The molecule has 1 heterocycles. The molecule has 1 aromatic rings. The summed E-state index contributed by atoms with van der Waals surface area (Å²) in [7, 11) is 0. The van der Waals surface area contributed by atoms with Crippen LogP contribution in [0.2, 0.25) is 5.02 Å². The van der Waals surface area contributed by atoms with E-state index in [0.717, 1.165) is 13.0 Å². The van der Waals surface area contributed by atoms with Crippen LogP contribution in [0.15, 0.2) is 17.1 Å². The smallest absolute Gasteiger partial charge is 0.397 e. The highest BCUT2D eigenvalue weighted by atomic mass is 35.5. The minimum Gasteiger partial charge on any atom is -0.397 e. The van der Waals surface area contributed by atoms with E-state index in [1.165, 1.54) is 12.1 Å². The predicted octanol–water partition coefficient (Wildman–Crippen LogP) is 1.66. The Bertz CT molecular complexity index is 565. The Morgan fingerprint density at radius 3 is 2.56 bits per heavy atom. The number of nitrogens with two attached hydrogens (primary N) is 1. The van der Waals surface area contributed by atoms with Crippen molar-refractivity contribution in [2.75, 3.05) is 5.73 Å². The van der Waals surface area contributed by atoms with Gasteiger partial charge in [0.25, 0.3) is 0 Å². The maximum absolute atomic E-state index is 12.7. The van der Waals surface area contributed by atoms with Gasteiger partial charge in [0, 0.05) is 5.22 Å². The second-order valence-corrected chi connectivity index (χ2v) is 4.20. The van der Waals surface area contributed by atoms with Crippen molar-refractivity contribution < 1.29 is 13.2 Å². The van der Waals surface area contributed by atoms with Gasteiger partial charge in [0.15, 0.2) is 5.54 Å². The van der Waals surface area contributed by atoms with Crippen LogP contribution in [0.3, 0.4) is 0 Å². The van der Waals surface area contributed by atoms with E-state index in [1.54, 1.807) is 0 Å². The van der Waals surface area contributed by atoms with Crippen molar-refractivity contribution in [1.29, 1.82) is 0 Å². The Hall–Kier alpha value is -1.23. The number of hydrogen-bond donors (Lipinski definition) is 1. The summed E-state index contributed by atoms with van der Waals surface area (Å²) in [6.07, 6.45) is -3.44. The number of benzene rings is 1. The molecule has 0 saturated heterocycles. The van der Waals surface area contributed by atoms with E-state index in [9.17, 15) is 13.2 Å². The molecule has 0 fully saturated rings. The standard InChI is InChI=1S/C10H8ClF3N2/c1-9(10(12,13)14)4-5-7(16-9)3-2-6(11)8(5)15/h2-4H,15H2,1H3. The van der Waals surface area contributed by atoms with E-state index >= 15 is 0 Å². The molecule has 0 aromatic heterocycles. The molecule has 16 heavy (non-hydrogen) atoms. The first-order chi connectivity index (χ1) is 7.24. The molecule has 1 aliphatic heterocycles. The quantitative estimate of drug-likeness (QED) is 0.697. The van der Waals surface area contributed by atoms with Crippen molar-refractivity contribution in [2.45, 2.75) is 18.6 Å². The minimum absolute atomic E-state index is 0.135. The molecule has 6 heteroatoms. The molecule has 0 spiro atoms. The molecule has 2 N–H and O–H groups in total. The van der Waals surface area contributed by atoms with Crippen molar-refractivity contribution in [2.24, 2.45) is 4.99 Å². The molecule has 0 radical (unpaired) electrons. The highest BCUT2D eigenvalue weighted by Crippen LogP contribution is 2.35. The van der Waals surface area contributed by atoms with E-state index in [4.69, 9.17) is 17.3 Å². The normalized spacial score (nSPS) is 23.6. The molecule has 1 aliphatic rings. The topological polar surface area (TPSA) is 38.4 Å². The van der Waals surface area contributed by atoms with Gasteiger partial charge in [-0.3, -0.25) is 4.99 Å². The van der Waals surface area contributed by atoms with E-state index in [2.05, 4.69) is 4.99 Å². The minimum atomic E-state index is -4.44. The predicted molar refractivity (Wildman–Crippen MR) is 55.6 cm³/mol. The van der Waals surface area contributed by atoms with Crippen LogP contribution in [0.5, 0.6) is 0 Å². The monoisotopic (exact) mass is 248 g/mol. The fourth-order valence-corrected chi connectivity index (χ4v) is 1.72. The summed E-state index contributed by atoms with van der Waals surface area (Å²) in [6.45, 7) is 1.00. The number of hydrogen-bond acceptors (Lipinski definition) is 2. The fourth-order valence-electron chi connectivity index (χ4n) is 1.56. The molecule has 2 nitrogen and oxygen atoms in total. The number of alkyl halides is 3. The average molecular weight is 249 g/mol. The van der Waals surface area contributed by atoms with Crippen LogP contribution in [0, 0.1) is 0 Å². The second-order valence-electron chi connectivity index (χ2n) is 3.80. The number of halogens is 4. The highest BCUT2D eigenvalue weighted by Gasteiger charge is 2.51. The van der Waals surface area contributed by atoms with Gasteiger partial charge in [0.05, 0.1) is 16.1 Å². The SMILES string of the molecule is CC1(C(F)(F)F)C=c2c(N)c(Cl)ccc2=N1. The second kappa shape index (κ2) is 3.13. The van der Waals surface area contributed by atoms with Gasteiger partial charge in [-0.15, -0.1) is 0 Å². The largest absolute Gasteiger partial charge is 0.416 e. The third-order valence-corrected chi connectivity index (χ3v) is 2.89. The Labute approximate surface area is 94.2 Å². The number of anilines is 1. The van der Waals surface area contributed by atoms with Crippen LogP contribution in [-0.2, 0) is 0 Å². The molecule has 1 atom stereocenters. The molecular weight excluding hydrogens is 241 g/mol. The lowest BCUT2D eigenvalue weighted by molar-refractivity contribution is -0.161. The van der Waals surface area contributed by atoms with Crippen LogP contribution in [-0.4, -0.2) is 11.7 Å². The lowest BCUT2D eigenvalue weighted by atomic mass is 10.0.